The van der Waals surface area contributed by atoms with Gasteiger partial charge in [-0.1, -0.05) is 36.9 Å². The quantitative estimate of drug-likeness (QED) is 0.745. The number of ether oxygens (including phenoxy) is 2. The van der Waals surface area contributed by atoms with E-state index in [4.69, 9.17) is 14.6 Å². The van der Waals surface area contributed by atoms with E-state index < -0.39 is 18.1 Å². The molecule has 1 rings (SSSR count). The Morgan fingerprint density at radius 1 is 1.30 bits per heavy atom. The van der Waals surface area contributed by atoms with Gasteiger partial charge in [0.05, 0.1) is 5.76 Å². The van der Waals surface area contributed by atoms with Gasteiger partial charge in [-0.3, -0.25) is 0 Å². The van der Waals surface area contributed by atoms with Crippen molar-refractivity contribution in [1.82, 2.24) is 5.32 Å². The number of carbonyl (C=O) groups excluding carboxylic acids is 1. The number of nitrogens with one attached hydrogen (secondary N) is 1. The molecule has 6 nitrogen and oxygen atoms in total. The summed E-state index contributed by atoms with van der Waals surface area (Å²) in [7, 11) is 0. The highest BCUT2D eigenvalue weighted by atomic mass is 16.5. The molecule has 0 aromatic heterocycles. The molecule has 0 unspecified atom stereocenters. The maximum Gasteiger partial charge on any atom is 0.408 e. The normalized spacial score (nSPS) is 11.2. The van der Waals surface area contributed by atoms with Crippen LogP contribution in [0.3, 0.4) is 0 Å². The molecule has 2 N–H and O–H groups in total. The first-order valence-corrected chi connectivity index (χ1v) is 5.97. The molecule has 6 heteroatoms. The minimum atomic E-state index is -1.21. The second-order valence-corrected chi connectivity index (χ2v) is 4.11. The van der Waals surface area contributed by atoms with Gasteiger partial charge in [-0.15, -0.1) is 0 Å². The van der Waals surface area contributed by atoms with Crippen molar-refractivity contribution in [2.45, 2.75) is 19.6 Å². The van der Waals surface area contributed by atoms with Crippen molar-refractivity contribution >= 4 is 12.1 Å². The monoisotopic (exact) mass is 279 g/mol. The van der Waals surface area contributed by atoms with Crippen molar-refractivity contribution in [1.29, 1.82) is 0 Å². The van der Waals surface area contributed by atoms with E-state index in [1.807, 2.05) is 18.2 Å². The number of carboxylic acids is 1. The summed E-state index contributed by atoms with van der Waals surface area (Å²) in [5.41, 5.74) is 0.813. The number of hydrogen-bond donors (Lipinski definition) is 2. The van der Waals surface area contributed by atoms with E-state index in [-0.39, 0.29) is 13.2 Å². The maximum absolute atomic E-state index is 11.5. The number of aliphatic carboxylic acids is 1. The van der Waals surface area contributed by atoms with Crippen LogP contribution in [0, 0.1) is 0 Å². The molecule has 0 fully saturated rings. The van der Waals surface area contributed by atoms with Crippen LogP contribution < -0.4 is 5.32 Å². The Bertz CT molecular complexity index is 472. The summed E-state index contributed by atoms with van der Waals surface area (Å²) < 4.78 is 9.91. The minimum Gasteiger partial charge on any atom is -0.496 e. The van der Waals surface area contributed by atoms with Gasteiger partial charge in [0.1, 0.15) is 13.2 Å². The largest absolute Gasteiger partial charge is 0.496 e. The predicted molar refractivity (Wildman–Crippen MR) is 72.0 cm³/mol. The summed E-state index contributed by atoms with van der Waals surface area (Å²) in [5.74, 6) is -0.835. The van der Waals surface area contributed by atoms with Gasteiger partial charge < -0.3 is 19.9 Å². The molecule has 1 atom stereocenters. The maximum atomic E-state index is 11.5. The molecule has 0 saturated heterocycles. The summed E-state index contributed by atoms with van der Waals surface area (Å²) in [6.45, 7) is 4.94. The standard InChI is InChI=1S/C14H17NO5/c1-10(2)19-9-12(13(16)17)15-14(18)20-8-11-6-4-3-5-7-11/h3-7,12H,1,8-9H2,2H3,(H,15,18)(H,16,17)/t12-/m0/s1. The molecular formula is C14H17NO5. The Morgan fingerprint density at radius 3 is 2.50 bits per heavy atom. The van der Waals surface area contributed by atoms with Crippen LogP contribution in [-0.2, 0) is 20.9 Å². The van der Waals surface area contributed by atoms with Crippen LogP contribution in [0.15, 0.2) is 42.7 Å². The zero-order valence-corrected chi connectivity index (χ0v) is 11.2. The first-order chi connectivity index (χ1) is 9.49. The van der Waals surface area contributed by atoms with E-state index in [0.29, 0.717) is 5.76 Å². The van der Waals surface area contributed by atoms with Gasteiger partial charge in [-0.05, 0) is 12.5 Å². The van der Waals surface area contributed by atoms with Crippen molar-refractivity contribution in [3.8, 4) is 0 Å². The number of carboxylic acid groups (broad SMARTS) is 1. The summed E-state index contributed by atoms with van der Waals surface area (Å²) in [6, 6.07) is 7.89. The van der Waals surface area contributed by atoms with Gasteiger partial charge in [-0.2, -0.15) is 0 Å². The molecule has 1 aromatic carbocycles. The van der Waals surface area contributed by atoms with Crippen LogP contribution in [0.5, 0.6) is 0 Å². The van der Waals surface area contributed by atoms with Gasteiger partial charge in [-0.25, -0.2) is 9.59 Å². The third-order valence-electron chi connectivity index (χ3n) is 2.30. The van der Waals surface area contributed by atoms with E-state index in [1.54, 1.807) is 19.1 Å². The van der Waals surface area contributed by atoms with E-state index in [2.05, 4.69) is 11.9 Å². The molecule has 108 valence electrons. The van der Waals surface area contributed by atoms with E-state index in [0.717, 1.165) is 5.56 Å². The third-order valence-corrected chi connectivity index (χ3v) is 2.30. The summed E-state index contributed by atoms with van der Waals surface area (Å²) in [4.78, 5) is 22.4. The lowest BCUT2D eigenvalue weighted by atomic mass is 10.2. The highest BCUT2D eigenvalue weighted by molar-refractivity contribution is 5.80. The number of rotatable bonds is 7. The van der Waals surface area contributed by atoms with E-state index >= 15 is 0 Å². The highest BCUT2D eigenvalue weighted by Gasteiger charge is 2.21. The Kier molecular flexibility index (Phi) is 6.09. The van der Waals surface area contributed by atoms with Crippen molar-refractivity contribution in [3.05, 3.63) is 48.2 Å². The average Bonchev–Trinajstić information content (AvgIpc) is 2.41. The Balaban J connectivity index is 2.41. The molecule has 0 aliphatic heterocycles. The first-order valence-electron chi connectivity index (χ1n) is 5.97. The molecule has 0 aliphatic carbocycles. The lowest BCUT2D eigenvalue weighted by Crippen LogP contribution is -2.44. The zero-order valence-electron chi connectivity index (χ0n) is 11.2. The number of hydrogen-bond acceptors (Lipinski definition) is 4. The van der Waals surface area contributed by atoms with Crippen LogP contribution in [0.25, 0.3) is 0 Å². The van der Waals surface area contributed by atoms with Gasteiger partial charge in [0.25, 0.3) is 0 Å². The molecule has 0 bridgehead atoms. The predicted octanol–water partition coefficient (Wildman–Crippen LogP) is 1.92. The van der Waals surface area contributed by atoms with Crippen LogP contribution in [0.1, 0.15) is 12.5 Å². The Labute approximate surface area is 117 Å². The number of alkyl carbamates (subject to hydrolysis) is 1. The van der Waals surface area contributed by atoms with Gasteiger partial charge in [0.15, 0.2) is 6.04 Å². The van der Waals surface area contributed by atoms with E-state index in [9.17, 15) is 9.59 Å². The average molecular weight is 279 g/mol. The minimum absolute atomic E-state index is 0.0698. The lowest BCUT2D eigenvalue weighted by molar-refractivity contribution is -0.140. The fraction of sp³-hybridized carbons (Fsp3) is 0.286. The molecule has 0 radical (unpaired) electrons. The van der Waals surface area contributed by atoms with Crippen molar-refractivity contribution in [3.63, 3.8) is 0 Å². The van der Waals surface area contributed by atoms with E-state index in [1.165, 1.54) is 0 Å². The van der Waals surface area contributed by atoms with Crippen molar-refractivity contribution in [2.24, 2.45) is 0 Å². The van der Waals surface area contributed by atoms with Gasteiger partial charge in [0, 0.05) is 0 Å². The molecule has 0 saturated carbocycles. The molecule has 0 heterocycles. The molecule has 1 amide bonds. The zero-order chi connectivity index (χ0) is 15.0. The van der Waals surface area contributed by atoms with Gasteiger partial charge >= 0.3 is 12.1 Å². The number of amides is 1. The molecule has 0 aliphatic rings. The fourth-order valence-corrected chi connectivity index (χ4v) is 1.31. The van der Waals surface area contributed by atoms with Crippen molar-refractivity contribution < 1.29 is 24.2 Å². The third kappa shape index (κ3) is 5.90. The fourth-order valence-electron chi connectivity index (χ4n) is 1.31. The lowest BCUT2D eigenvalue weighted by Gasteiger charge is -2.15. The number of allylic oxidation sites excluding steroid dienone is 1. The number of carbonyl (C=O) groups is 2. The second-order valence-electron chi connectivity index (χ2n) is 4.11. The smallest absolute Gasteiger partial charge is 0.408 e. The second kappa shape index (κ2) is 7.83. The first kappa shape index (κ1) is 15.6. The molecule has 1 aromatic rings. The van der Waals surface area contributed by atoms with Crippen LogP contribution in [-0.4, -0.2) is 29.8 Å². The highest BCUT2D eigenvalue weighted by Crippen LogP contribution is 2.01. The SMILES string of the molecule is C=C(C)OC[C@H](NC(=O)OCc1ccccc1)C(=O)O. The topological polar surface area (TPSA) is 84.9 Å². The number of benzene rings is 1. The van der Waals surface area contributed by atoms with Crippen LogP contribution in [0.2, 0.25) is 0 Å². The molecule has 0 spiro atoms. The Hall–Kier alpha value is -2.50. The van der Waals surface area contributed by atoms with Crippen LogP contribution in [0.4, 0.5) is 4.79 Å². The van der Waals surface area contributed by atoms with Crippen molar-refractivity contribution in [2.75, 3.05) is 6.61 Å². The molecular weight excluding hydrogens is 262 g/mol. The molecule has 20 heavy (non-hydrogen) atoms. The summed E-state index contributed by atoms with van der Waals surface area (Å²) in [6.07, 6.45) is -0.813. The Morgan fingerprint density at radius 2 is 1.95 bits per heavy atom. The summed E-state index contributed by atoms with van der Waals surface area (Å²) >= 11 is 0. The van der Waals surface area contributed by atoms with Crippen LogP contribution >= 0.6 is 0 Å². The van der Waals surface area contributed by atoms with Gasteiger partial charge in [0.2, 0.25) is 0 Å². The summed E-state index contributed by atoms with van der Waals surface area (Å²) in [5, 5.41) is 11.2.